The van der Waals surface area contributed by atoms with Gasteiger partial charge in [-0.1, -0.05) is 17.7 Å². The fourth-order valence-corrected chi connectivity index (χ4v) is 4.47. The Balaban J connectivity index is 1.62. The maximum atomic E-state index is 12.5. The van der Waals surface area contributed by atoms with Gasteiger partial charge >= 0.3 is 18.4 Å². The molecule has 0 unspecified atom stereocenters. The Bertz CT molecular complexity index is 1380. The van der Waals surface area contributed by atoms with Crippen LogP contribution in [0.4, 0.5) is 36.8 Å². The first-order valence-electron chi connectivity index (χ1n) is 11.0. The lowest BCUT2D eigenvalue weighted by Gasteiger charge is -2.13. The summed E-state index contributed by atoms with van der Waals surface area (Å²) in [6.07, 6.45) is -9.41. The van der Waals surface area contributed by atoms with E-state index in [1.165, 1.54) is 36.4 Å². The van der Waals surface area contributed by atoms with E-state index < -0.39 is 53.4 Å². The first-order chi connectivity index (χ1) is 18.6. The van der Waals surface area contributed by atoms with Gasteiger partial charge in [0.1, 0.15) is 5.82 Å². The number of nitrogens with zero attached hydrogens (tertiary/aromatic N) is 2. The van der Waals surface area contributed by atoms with Crippen molar-refractivity contribution in [1.82, 2.24) is 14.7 Å². The van der Waals surface area contributed by atoms with Gasteiger partial charge in [0, 0.05) is 10.6 Å². The fraction of sp³-hybridized carbons (Fsp3) is 0.261. The van der Waals surface area contributed by atoms with Gasteiger partial charge in [-0.3, -0.25) is 0 Å². The summed E-state index contributed by atoms with van der Waals surface area (Å²) >= 11 is 1.07. The minimum absolute atomic E-state index is 0.0896. The third kappa shape index (κ3) is 10.4. The van der Waals surface area contributed by atoms with Crippen molar-refractivity contribution >= 4 is 33.5 Å². The van der Waals surface area contributed by atoms with Gasteiger partial charge in [-0.25, -0.2) is 17.9 Å². The zero-order valence-corrected chi connectivity index (χ0v) is 22.0. The number of benzene rings is 2. The predicted molar refractivity (Wildman–Crippen MR) is 132 cm³/mol. The van der Waals surface area contributed by atoms with Crippen molar-refractivity contribution in [3.63, 3.8) is 0 Å². The molecule has 0 aliphatic carbocycles. The van der Waals surface area contributed by atoms with Gasteiger partial charge in [0.15, 0.2) is 13.2 Å². The van der Waals surface area contributed by atoms with Crippen LogP contribution in [0.2, 0.25) is 0 Å². The zero-order chi connectivity index (χ0) is 29.6. The second kappa shape index (κ2) is 12.6. The Hall–Kier alpha value is -3.73. The first kappa shape index (κ1) is 30.8. The molecule has 0 aliphatic heterocycles. The number of aryl methyl sites for hydroxylation is 1. The molecule has 2 aromatic carbocycles. The number of anilines is 1. The quantitative estimate of drug-likeness (QED) is 0.229. The smallest absolute Gasteiger partial charge is 0.422 e. The number of aromatic nitrogens is 2. The average Bonchev–Trinajstić information content (AvgIpc) is 2.85. The highest BCUT2D eigenvalue weighted by atomic mass is 32.2. The molecule has 0 saturated carbocycles. The zero-order valence-electron chi connectivity index (χ0n) is 20.3. The molecule has 2 N–H and O–H groups in total. The monoisotopic (exact) mass is 610 g/mol. The second-order valence-corrected chi connectivity index (χ2v) is 10.7. The summed E-state index contributed by atoms with van der Waals surface area (Å²) in [5.74, 6) is -1.49. The first-order valence-corrected chi connectivity index (χ1v) is 13.5. The van der Waals surface area contributed by atoms with E-state index in [2.05, 4.69) is 24.8 Å². The lowest BCUT2D eigenvalue weighted by atomic mass is 10.2. The highest BCUT2D eigenvalue weighted by molar-refractivity contribution is 7.98. The van der Waals surface area contributed by atoms with Crippen molar-refractivity contribution in [3.8, 4) is 11.8 Å². The van der Waals surface area contributed by atoms with Crippen LogP contribution in [-0.2, 0) is 15.8 Å². The number of rotatable bonds is 10. The molecule has 17 heteroatoms. The molecular formula is C23H20F6N4O5S2. The van der Waals surface area contributed by atoms with Crippen LogP contribution in [0, 0.1) is 6.92 Å². The van der Waals surface area contributed by atoms with E-state index in [1.54, 1.807) is 19.1 Å². The molecule has 9 nitrogen and oxygen atoms in total. The van der Waals surface area contributed by atoms with Gasteiger partial charge in [0.25, 0.3) is 10.0 Å². The highest BCUT2D eigenvalue weighted by Crippen LogP contribution is 2.27. The van der Waals surface area contributed by atoms with Crippen molar-refractivity contribution < 1.29 is 49.0 Å². The minimum atomic E-state index is -4.70. The molecule has 0 radical (unpaired) electrons. The van der Waals surface area contributed by atoms with Crippen LogP contribution in [0.25, 0.3) is 0 Å². The number of hydrogen-bond acceptors (Lipinski definition) is 8. The number of alkyl halides is 6. The lowest BCUT2D eigenvalue weighted by Crippen LogP contribution is -2.34. The molecule has 2 amide bonds. The van der Waals surface area contributed by atoms with Crippen LogP contribution >= 0.6 is 11.8 Å². The Morgan fingerprint density at radius 3 is 1.90 bits per heavy atom. The van der Waals surface area contributed by atoms with Crippen LogP contribution in [0.1, 0.15) is 11.4 Å². The molecule has 0 atom stereocenters. The van der Waals surface area contributed by atoms with Crippen molar-refractivity contribution in [2.24, 2.45) is 0 Å². The van der Waals surface area contributed by atoms with Gasteiger partial charge in [-0.15, -0.1) is 11.8 Å². The third-order valence-electron chi connectivity index (χ3n) is 4.53. The summed E-state index contributed by atoms with van der Waals surface area (Å²) in [4.78, 5) is 20.2. The molecule has 0 aliphatic rings. The summed E-state index contributed by atoms with van der Waals surface area (Å²) in [5.41, 5.74) is 1.08. The number of halogens is 6. The number of carbonyl (C=O) groups excluding carboxylic acids is 1. The van der Waals surface area contributed by atoms with Crippen LogP contribution in [0.3, 0.4) is 0 Å². The molecule has 3 rings (SSSR count). The number of nitrogens with one attached hydrogen (secondary N) is 2. The van der Waals surface area contributed by atoms with Crippen molar-refractivity contribution in [2.75, 3.05) is 18.5 Å². The Morgan fingerprint density at radius 1 is 0.875 bits per heavy atom. The molecule has 0 saturated heterocycles. The SMILES string of the molecule is Cc1ccc(S(=O)(=O)NC(=O)Nc2ccc(SCc3nc(OCC(F)(F)F)cc(OCC(F)(F)F)n3)cc2)cc1. The largest absolute Gasteiger partial charge is 0.468 e. The number of ether oxygens (including phenoxy) is 2. The van der Waals surface area contributed by atoms with Crippen LogP contribution < -0.4 is 19.5 Å². The summed E-state index contributed by atoms with van der Waals surface area (Å²) in [5, 5.41) is 2.37. The van der Waals surface area contributed by atoms with E-state index in [-0.39, 0.29) is 22.2 Å². The number of carbonyl (C=O) groups is 1. The molecule has 40 heavy (non-hydrogen) atoms. The molecule has 1 aromatic heterocycles. The number of thioether (sulfide) groups is 1. The van der Waals surface area contributed by atoms with Gasteiger partial charge < -0.3 is 14.8 Å². The maximum absolute atomic E-state index is 12.5. The van der Waals surface area contributed by atoms with E-state index in [4.69, 9.17) is 0 Å². The minimum Gasteiger partial charge on any atom is -0.468 e. The molecule has 216 valence electrons. The van der Waals surface area contributed by atoms with Gasteiger partial charge in [0.05, 0.1) is 16.7 Å². The molecule has 0 fully saturated rings. The van der Waals surface area contributed by atoms with Crippen molar-refractivity contribution in [3.05, 3.63) is 66.0 Å². The normalized spacial score (nSPS) is 12.1. The molecule has 1 heterocycles. The van der Waals surface area contributed by atoms with Crippen LogP contribution in [0.5, 0.6) is 11.8 Å². The van der Waals surface area contributed by atoms with E-state index in [0.717, 1.165) is 23.4 Å². The van der Waals surface area contributed by atoms with E-state index in [1.807, 2.05) is 4.72 Å². The average molecular weight is 611 g/mol. The van der Waals surface area contributed by atoms with Gasteiger partial charge in [-0.2, -0.15) is 36.3 Å². The lowest BCUT2D eigenvalue weighted by molar-refractivity contribution is -0.154. The number of sulfonamides is 1. The summed E-state index contributed by atoms with van der Waals surface area (Å²) in [6.45, 7) is -1.66. The van der Waals surface area contributed by atoms with E-state index in [9.17, 15) is 39.6 Å². The summed E-state index contributed by atoms with van der Waals surface area (Å²) in [6, 6.07) is 11.5. The Labute approximate surface area is 228 Å². The molecule has 3 aromatic rings. The van der Waals surface area contributed by atoms with Crippen molar-refractivity contribution in [2.45, 2.75) is 34.8 Å². The van der Waals surface area contributed by atoms with Crippen LogP contribution in [0.15, 0.2) is 64.4 Å². The highest BCUT2D eigenvalue weighted by Gasteiger charge is 2.30. The maximum Gasteiger partial charge on any atom is 0.422 e. The topological polar surface area (TPSA) is 120 Å². The number of hydrogen-bond donors (Lipinski definition) is 2. The molecule has 0 spiro atoms. The number of urea groups is 1. The standard InChI is InChI=1S/C23H20F6N4O5S2/c1-14-2-8-17(9-3-14)40(35,36)33-21(34)30-15-4-6-16(7-5-15)39-11-18-31-19(37-12-22(24,25)26)10-20(32-18)38-13-23(27,28)29/h2-10H,11-13H2,1H3,(H2,30,33,34). The summed E-state index contributed by atoms with van der Waals surface area (Å²) < 4.78 is 111. The Morgan fingerprint density at radius 2 is 1.40 bits per heavy atom. The second-order valence-electron chi connectivity index (χ2n) is 7.95. The van der Waals surface area contributed by atoms with Crippen molar-refractivity contribution in [1.29, 1.82) is 0 Å². The molecule has 0 bridgehead atoms. The summed E-state index contributed by atoms with van der Waals surface area (Å²) in [7, 11) is -4.10. The van der Waals surface area contributed by atoms with E-state index >= 15 is 0 Å². The van der Waals surface area contributed by atoms with Gasteiger partial charge in [0.2, 0.25) is 11.8 Å². The van der Waals surface area contributed by atoms with E-state index in [0.29, 0.717) is 4.90 Å². The molecular weight excluding hydrogens is 590 g/mol. The van der Waals surface area contributed by atoms with Crippen LogP contribution in [-0.4, -0.2) is 50.0 Å². The van der Waals surface area contributed by atoms with Gasteiger partial charge in [-0.05, 0) is 43.3 Å². The number of amides is 2. The fourth-order valence-electron chi connectivity index (χ4n) is 2.81. The Kier molecular flexibility index (Phi) is 9.73. The predicted octanol–water partition coefficient (Wildman–Crippen LogP) is 5.47. The third-order valence-corrected chi connectivity index (χ3v) is 6.89.